The van der Waals surface area contributed by atoms with Gasteiger partial charge in [0, 0.05) is 6.54 Å². The first kappa shape index (κ1) is 11.4. The first-order chi connectivity index (χ1) is 7.77. The molecule has 1 nitrogen and oxygen atoms in total. The van der Waals surface area contributed by atoms with Crippen LogP contribution in [0, 0.1) is 17.6 Å². The highest BCUT2D eigenvalue weighted by molar-refractivity contribution is 5.45. The molecule has 0 heterocycles. The number of anilines is 1. The first-order valence-corrected chi connectivity index (χ1v) is 5.95. The summed E-state index contributed by atoms with van der Waals surface area (Å²) in [6.07, 6.45) is 6.12. The van der Waals surface area contributed by atoms with Crippen LogP contribution in [0.1, 0.15) is 32.1 Å². The van der Waals surface area contributed by atoms with E-state index in [-0.39, 0.29) is 5.69 Å². The maximum atomic E-state index is 13.3. The average Bonchev–Trinajstić information content (AvgIpc) is 2.30. The lowest BCUT2D eigenvalue weighted by molar-refractivity contribution is 0.372. The molecule has 0 unspecified atom stereocenters. The second kappa shape index (κ2) is 5.28. The van der Waals surface area contributed by atoms with Gasteiger partial charge >= 0.3 is 0 Å². The second-order valence-electron chi connectivity index (χ2n) is 4.48. The SMILES string of the molecule is Fc1cccc(F)c1NCC1CCCCC1. The molecule has 0 amide bonds. The Bertz CT molecular complexity index is 326. The fraction of sp³-hybridized carbons (Fsp3) is 0.538. The quantitative estimate of drug-likeness (QED) is 0.821. The van der Waals surface area contributed by atoms with Gasteiger partial charge in [0.05, 0.1) is 0 Å². The van der Waals surface area contributed by atoms with E-state index in [0.717, 1.165) is 0 Å². The molecule has 1 aromatic carbocycles. The van der Waals surface area contributed by atoms with Gasteiger partial charge in [-0.1, -0.05) is 25.3 Å². The van der Waals surface area contributed by atoms with Crippen LogP contribution in [-0.4, -0.2) is 6.54 Å². The second-order valence-corrected chi connectivity index (χ2v) is 4.48. The van der Waals surface area contributed by atoms with E-state index in [9.17, 15) is 8.78 Å². The molecule has 1 N–H and O–H groups in total. The number of para-hydroxylation sites is 1. The summed E-state index contributed by atoms with van der Waals surface area (Å²) in [4.78, 5) is 0. The minimum Gasteiger partial charge on any atom is -0.380 e. The third-order valence-electron chi connectivity index (χ3n) is 3.26. The van der Waals surface area contributed by atoms with Crippen molar-refractivity contribution >= 4 is 5.69 Å². The Labute approximate surface area is 94.9 Å². The lowest BCUT2D eigenvalue weighted by Gasteiger charge is -2.22. The van der Waals surface area contributed by atoms with Crippen molar-refractivity contribution in [2.45, 2.75) is 32.1 Å². The third kappa shape index (κ3) is 2.71. The number of benzene rings is 1. The topological polar surface area (TPSA) is 12.0 Å². The summed E-state index contributed by atoms with van der Waals surface area (Å²) in [5.41, 5.74) is 0.0214. The van der Waals surface area contributed by atoms with Crippen LogP contribution < -0.4 is 5.32 Å². The molecule has 1 aromatic rings. The van der Waals surface area contributed by atoms with Crippen LogP contribution in [0.5, 0.6) is 0 Å². The Hall–Kier alpha value is -1.12. The molecule has 0 atom stereocenters. The lowest BCUT2D eigenvalue weighted by Crippen LogP contribution is -2.18. The predicted octanol–water partition coefficient (Wildman–Crippen LogP) is 3.96. The fourth-order valence-electron chi connectivity index (χ4n) is 2.30. The van der Waals surface area contributed by atoms with Crippen molar-refractivity contribution in [3.05, 3.63) is 29.8 Å². The van der Waals surface area contributed by atoms with E-state index in [2.05, 4.69) is 5.32 Å². The lowest BCUT2D eigenvalue weighted by atomic mass is 9.89. The van der Waals surface area contributed by atoms with E-state index in [0.29, 0.717) is 12.5 Å². The first-order valence-electron chi connectivity index (χ1n) is 5.95. The summed E-state index contributed by atoms with van der Waals surface area (Å²) in [6.45, 7) is 0.678. The van der Waals surface area contributed by atoms with Gasteiger partial charge in [-0.15, -0.1) is 0 Å². The molecule has 0 aliphatic heterocycles. The molecule has 88 valence electrons. The van der Waals surface area contributed by atoms with Gasteiger partial charge in [-0.2, -0.15) is 0 Å². The van der Waals surface area contributed by atoms with Crippen molar-refractivity contribution in [3.63, 3.8) is 0 Å². The number of hydrogen-bond acceptors (Lipinski definition) is 1. The largest absolute Gasteiger partial charge is 0.380 e. The van der Waals surface area contributed by atoms with E-state index in [4.69, 9.17) is 0 Å². The minimum atomic E-state index is -0.504. The number of halogens is 2. The highest BCUT2D eigenvalue weighted by Crippen LogP contribution is 2.25. The van der Waals surface area contributed by atoms with E-state index >= 15 is 0 Å². The highest BCUT2D eigenvalue weighted by Gasteiger charge is 2.15. The molecule has 1 aliphatic carbocycles. The van der Waals surface area contributed by atoms with Crippen molar-refractivity contribution in [2.24, 2.45) is 5.92 Å². The Kier molecular flexibility index (Phi) is 3.75. The third-order valence-corrected chi connectivity index (χ3v) is 3.26. The average molecular weight is 225 g/mol. The molecule has 16 heavy (non-hydrogen) atoms. The van der Waals surface area contributed by atoms with Gasteiger partial charge < -0.3 is 5.32 Å². The molecule has 1 fully saturated rings. The van der Waals surface area contributed by atoms with Crippen molar-refractivity contribution in [2.75, 3.05) is 11.9 Å². The van der Waals surface area contributed by atoms with Gasteiger partial charge in [0.15, 0.2) is 0 Å². The predicted molar refractivity (Wildman–Crippen MR) is 61.4 cm³/mol. The van der Waals surface area contributed by atoms with Crippen LogP contribution in [0.4, 0.5) is 14.5 Å². The molecule has 0 spiro atoms. The van der Waals surface area contributed by atoms with Crippen LogP contribution >= 0.6 is 0 Å². The highest BCUT2D eigenvalue weighted by atomic mass is 19.1. The van der Waals surface area contributed by atoms with Crippen LogP contribution in [0.15, 0.2) is 18.2 Å². The summed E-state index contributed by atoms with van der Waals surface area (Å²) in [6, 6.07) is 3.95. The van der Waals surface area contributed by atoms with Gasteiger partial charge in [0.2, 0.25) is 0 Å². The molecule has 0 aromatic heterocycles. The summed E-state index contributed by atoms with van der Waals surface area (Å²) in [7, 11) is 0. The Morgan fingerprint density at radius 1 is 1.06 bits per heavy atom. The fourth-order valence-corrected chi connectivity index (χ4v) is 2.30. The Morgan fingerprint density at radius 2 is 1.69 bits per heavy atom. The van der Waals surface area contributed by atoms with Crippen molar-refractivity contribution in [3.8, 4) is 0 Å². The van der Waals surface area contributed by atoms with Crippen LogP contribution in [0.3, 0.4) is 0 Å². The van der Waals surface area contributed by atoms with Gasteiger partial charge in [0.1, 0.15) is 17.3 Å². The van der Waals surface area contributed by atoms with Gasteiger partial charge in [-0.25, -0.2) is 8.78 Å². The molecule has 1 aliphatic rings. The van der Waals surface area contributed by atoms with E-state index in [1.54, 1.807) is 0 Å². The molecule has 2 rings (SSSR count). The molecular weight excluding hydrogens is 208 g/mol. The molecule has 0 bridgehead atoms. The van der Waals surface area contributed by atoms with E-state index < -0.39 is 11.6 Å². The van der Waals surface area contributed by atoms with Gasteiger partial charge in [-0.05, 0) is 30.9 Å². The maximum absolute atomic E-state index is 13.3. The summed E-state index contributed by atoms with van der Waals surface area (Å²) in [5, 5.41) is 2.90. The monoisotopic (exact) mass is 225 g/mol. The number of nitrogens with one attached hydrogen (secondary N) is 1. The zero-order valence-corrected chi connectivity index (χ0v) is 9.31. The summed E-state index contributed by atoms with van der Waals surface area (Å²) in [5.74, 6) is -0.445. The molecule has 0 radical (unpaired) electrons. The minimum absolute atomic E-state index is 0.0214. The molecule has 1 saturated carbocycles. The smallest absolute Gasteiger partial charge is 0.149 e. The Balaban J connectivity index is 1.93. The van der Waals surface area contributed by atoms with Crippen LogP contribution in [0.2, 0.25) is 0 Å². The summed E-state index contributed by atoms with van der Waals surface area (Å²) < 4.78 is 26.6. The zero-order valence-electron chi connectivity index (χ0n) is 9.31. The van der Waals surface area contributed by atoms with Gasteiger partial charge in [0.25, 0.3) is 0 Å². The van der Waals surface area contributed by atoms with E-state index in [1.165, 1.54) is 50.3 Å². The van der Waals surface area contributed by atoms with Crippen molar-refractivity contribution < 1.29 is 8.78 Å². The maximum Gasteiger partial charge on any atom is 0.149 e. The zero-order chi connectivity index (χ0) is 11.4. The van der Waals surface area contributed by atoms with Crippen molar-refractivity contribution in [1.82, 2.24) is 0 Å². The standard InChI is InChI=1S/C13H17F2N/c14-11-7-4-8-12(15)13(11)16-9-10-5-2-1-3-6-10/h4,7-8,10,16H,1-3,5-6,9H2. The Morgan fingerprint density at radius 3 is 2.31 bits per heavy atom. The van der Waals surface area contributed by atoms with E-state index in [1.807, 2.05) is 0 Å². The van der Waals surface area contributed by atoms with Crippen LogP contribution in [-0.2, 0) is 0 Å². The van der Waals surface area contributed by atoms with Crippen molar-refractivity contribution in [1.29, 1.82) is 0 Å². The number of rotatable bonds is 3. The van der Waals surface area contributed by atoms with Crippen LogP contribution in [0.25, 0.3) is 0 Å². The molecule has 3 heteroatoms. The normalized spacial score (nSPS) is 17.4. The molecular formula is C13H17F2N. The number of hydrogen-bond donors (Lipinski definition) is 1. The van der Waals surface area contributed by atoms with Gasteiger partial charge in [-0.3, -0.25) is 0 Å². The molecule has 0 saturated heterocycles. The summed E-state index contributed by atoms with van der Waals surface area (Å²) >= 11 is 0.